The predicted octanol–water partition coefficient (Wildman–Crippen LogP) is 1.78. The van der Waals surface area contributed by atoms with E-state index in [-0.39, 0.29) is 17.6 Å². The van der Waals surface area contributed by atoms with Crippen molar-refractivity contribution in [3.05, 3.63) is 35.6 Å². The quantitative estimate of drug-likeness (QED) is 0.887. The lowest BCUT2D eigenvalue weighted by Crippen LogP contribution is -2.41. The van der Waals surface area contributed by atoms with E-state index in [2.05, 4.69) is 10.2 Å². The second kappa shape index (κ2) is 5.96. The van der Waals surface area contributed by atoms with Crippen molar-refractivity contribution in [1.82, 2.24) is 10.2 Å². The fourth-order valence-corrected chi connectivity index (χ4v) is 2.32. The first-order valence-electron chi connectivity index (χ1n) is 6.36. The van der Waals surface area contributed by atoms with Crippen molar-refractivity contribution < 1.29 is 9.18 Å². The van der Waals surface area contributed by atoms with Crippen LogP contribution in [0.3, 0.4) is 0 Å². The van der Waals surface area contributed by atoms with Crippen molar-refractivity contribution in [1.29, 1.82) is 0 Å². The summed E-state index contributed by atoms with van der Waals surface area (Å²) in [4.78, 5) is 14.2. The molecule has 3 nitrogen and oxygen atoms in total. The number of rotatable bonds is 3. The van der Waals surface area contributed by atoms with Gasteiger partial charge in [0.25, 0.3) is 0 Å². The van der Waals surface area contributed by atoms with Gasteiger partial charge in [0, 0.05) is 13.1 Å². The second-order valence-corrected chi connectivity index (χ2v) is 4.95. The van der Waals surface area contributed by atoms with Crippen molar-refractivity contribution in [3.63, 3.8) is 0 Å². The number of halogens is 1. The number of nitrogens with zero attached hydrogens (tertiary/aromatic N) is 1. The summed E-state index contributed by atoms with van der Waals surface area (Å²) in [6.07, 6.45) is 2.03. The zero-order valence-electron chi connectivity index (χ0n) is 10.7. The van der Waals surface area contributed by atoms with Crippen LogP contribution in [0.25, 0.3) is 0 Å². The monoisotopic (exact) mass is 250 g/mol. The second-order valence-electron chi connectivity index (χ2n) is 4.95. The number of hydrogen-bond acceptors (Lipinski definition) is 2. The molecule has 1 aromatic carbocycles. The lowest BCUT2D eigenvalue weighted by molar-refractivity contribution is -0.126. The summed E-state index contributed by atoms with van der Waals surface area (Å²) in [6.45, 7) is 2.37. The molecule has 0 radical (unpaired) electrons. The minimum absolute atomic E-state index is 0.0872. The molecule has 1 heterocycles. The van der Waals surface area contributed by atoms with Gasteiger partial charge < -0.3 is 10.2 Å². The van der Waals surface area contributed by atoms with Crippen LogP contribution in [0.1, 0.15) is 18.4 Å². The van der Waals surface area contributed by atoms with E-state index in [4.69, 9.17) is 0 Å². The van der Waals surface area contributed by atoms with Crippen molar-refractivity contribution >= 4 is 5.91 Å². The van der Waals surface area contributed by atoms with E-state index in [1.165, 1.54) is 12.1 Å². The summed E-state index contributed by atoms with van der Waals surface area (Å²) in [5, 5.41) is 2.92. The van der Waals surface area contributed by atoms with Crippen molar-refractivity contribution in [2.24, 2.45) is 5.92 Å². The molecule has 1 aliphatic heterocycles. The van der Waals surface area contributed by atoms with Crippen LogP contribution >= 0.6 is 0 Å². The highest BCUT2D eigenvalue weighted by atomic mass is 19.1. The predicted molar refractivity (Wildman–Crippen MR) is 68.5 cm³/mol. The molecule has 1 aliphatic rings. The van der Waals surface area contributed by atoms with Gasteiger partial charge in [-0.2, -0.15) is 0 Å². The smallest absolute Gasteiger partial charge is 0.224 e. The normalized spacial score (nSPS) is 20.7. The number of likely N-dealkylation sites (tertiary alicyclic amines) is 1. The summed E-state index contributed by atoms with van der Waals surface area (Å²) in [5.74, 6) is -0.0611. The Morgan fingerprint density at radius 2 is 2.17 bits per heavy atom. The highest BCUT2D eigenvalue weighted by Crippen LogP contribution is 2.15. The van der Waals surface area contributed by atoms with Gasteiger partial charge in [0.2, 0.25) is 5.91 Å². The summed E-state index contributed by atoms with van der Waals surface area (Å²) in [5.41, 5.74) is 0.925. The fourth-order valence-electron chi connectivity index (χ4n) is 2.32. The molecule has 0 aliphatic carbocycles. The van der Waals surface area contributed by atoms with Gasteiger partial charge in [0.1, 0.15) is 5.82 Å². The molecule has 0 spiro atoms. The Hall–Kier alpha value is -1.42. The molecule has 1 amide bonds. The van der Waals surface area contributed by atoms with E-state index >= 15 is 0 Å². The number of carbonyl (C=O) groups is 1. The van der Waals surface area contributed by atoms with E-state index in [1.54, 1.807) is 12.1 Å². The third-order valence-corrected chi connectivity index (χ3v) is 3.38. The van der Waals surface area contributed by atoms with Crippen molar-refractivity contribution in [3.8, 4) is 0 Å². The van der Waals surface area contributed by atoms with Crippen LogP contribution in [0.4, 0.5) is 4.39 Å². The molecule has 1 N–H and O–H groups in total. The van der Waals surface area contributed by atoms with Crippen molar-refractivity contribution in [2.45, 2.75) is 19.4 Å². The Morgan fingerprint density at radius 1 is 1.44 bits per heavy atom. The van der Waals surface area contributed by atoms with Gasteiger partial charge in [-0.15, -0.1) is 0 Å². The summed E-state index contributed by atoms with van der Waals surface area (Å²) >= 11 is 0. The molecule has 0 aromatic heterocycles. The molecule has 4 heteroatoms. The topological polar surface area (TPSA) is 32.3 Å². The van der Waals surface area contributed by atoms with Crippen LogP contribution in [0.2, 0.25) is 0 Å². The molecule has 1 saturated heterocycles. The summed E-state index contributed by atoms with van der Waals surface area (Å²) < 4.78 is 12.7. The zero-order chi connectivity index (χ0) is 13.0. The van der Waals surface area contributed by atoms with Gasteiger partial charge >= 0.3 is 0 Å². The maximum Gasteiger partial charge on any atom is 0.224 e. The molecule has 0 bridgehead atoms. The average Bonchev–Trinajstić information content (AvgIpc) is 2.38. The number of amides is 1. The minimum atomic E-state index is -0.251. The van der Waals surface area contributed by atoms with Gasteiger partial charge in [-0.05, 0) is 44.1 Å². The fraction of sp³-hybridized carbons (Fsp3) is 0.500. The number of nitrogens with one attached hydrogen (secondary N) is 1. The van der Waals surface area contributed by atoms with Gasteiger partial charge in [0.15, 0.2) is 0 Å². The lowest BCUT2D eigenvalue weighted by Gasteiger charge is -2.28. The Balaban J connectivity index is 1.82. The lowest BCUT2D eigenvalue weighted by atomic mass is 9.97. The van der Waals surface area contributed by atoms with E-state index in [0.29, 0.717) is 6.54 Å². The van der Waals surface area contributed by atoms with E-state index in [1.807, 2.05) is 7.05 Å². The highest BCUT2D eigenvalue weighted by molar-refractivity contribution is 5.78. The van der Waals surface area contributed by atoms with Gasteiger partial charge in [-0.1, -0.05) is 12.1 Å². The van der Waals surface area contributed by atoms with E-state index < -0.39 is 0 Å². The van der Waals surface area contributed by atoms with Crippen LogP contribution in [-0.4, -0.2) is 30.9 Å². The van der Waals surface area contributed by atoms with E-state index in [0.717, 1.165) is 31.5 Å². The first kappa shape index (κ1) is 13.0. The van der Waals surface area contributed by atoms with Crippen LogP contribution in [-0.2, 0) is 11.3 Å². The standard InChI is InChI=1S/C14H19FN2O/c1-17-8-2-3-12(10-17)14(18)16-9-11-4-6-13(15)7-5-11/h4-7,12H,2-3,8-10H2,1H3,(H,16,18)/t12-/m0/s1. The first-order valence-corrected chi connectivity index (χ1v) is 6.36. The first-order chi connectivity index (χ1) is 8.65. The minimum Gasteiger partial charge on any atom is -0.352 e. The molecule has 1 atom stereocenters. The number of hydrogen-bond donors (Lipinski definition) is 1. The summed E-state index contributed by atoms with van der Waals surface area (Å²) in [6, 6.07) is 6.22. The Morgan fingerprint density at radius 3 is 2.83 bits per heavy atom. The zero-order valence-corrected chi connectivity index (χ0v) is 10.7. The molecular formula is C14H19FN2O. The maximum atomic E-state index is 12.7. The van der Waals surface area contributed by atoms with Crippen LogP contribution < -0.4 is 5.32 Å². The number of carbonyl (C=O) groups excluding carboxylic acids is 1. The average molecular weight is 250 g/mol. The van der Waals surface area contributed by atoms with Gasteiger partial charge in [-0.3, -0.25) is 4.79 Å². The molecule has 2 rings (SSSR count). The third-order valence-electron chi connectivity index (χ3n) is 3.38. The number of piperidine rings is 1. The van der Waals surface area contributed by atoms with Crippen molar-refractivity contribution in [2.75, 3.05) is 20.1 Å². The Kier molecular flexibility index (Phi) is 4.31. The Bertz CT molecular complexity index is 405. The summed E-state index contributed by atoms with van der Waals surface area (Å²) in [7, 11) is 2.04. The molecular weight excluding hydrogens is 231 g/mol. The highest BCUT2D eigenvalue weighted by Gasteiger charge is 2.23. The molecule has 1 aromatic rings. The number of benzene rings is 1. The van der Waals surface area contributed by atoms with Crippen LogP contribution in [0.5, 0.6) is 0 Å². The molecule has 1 fully saturated rings. The Labute approximate surface area is 107 Å². The van der Waals surface area contributed by atoms with E-state index in [9.17, 15) is 9.18 Å². The van der Waals surface area contributed by atoms with Gasteiger partial charge in [-0.25, -0.2) is 4.39 Å². The molecule has 0 unspecified atom stereocenters. The molecule has 0 saturated carbocycles. The van der Waals surface area contributed by atoms with Crippen LogP contribution in [0.15, 0.2) is 24.3 Å². The SMILES string of the molecule is CN1CCC[C@H](C(=O)NCc2ccc(F)cc2)C1. The largest absolute Gasteiger partial charge is 0.352 e. The molecule has 98 valence electrons. The maximum absolute atomic E-state index is 12.7. The van der Waals surface area contributed by atoms with Crippen LogP contribution in [0, 0.1) is 11.7 Å². The molecule has 18 heavy (non-hydrogen) atoms. The third kappa shape index (κ3) is 3.53. The van der Waals surface area contributed by atoms with Gasteiger partial charge in [0.05, 0.1) is 5.92 Å².